The Hall–Kier alpha value is -3.55. The topological polar surface area (TPSA) is 85.3 Å². The number of hydrogen-bond donors (Lipinski definition) is 1. The maximum atomic E-state index is 13.2. The molecular formula is C17H12FN5O2. The third-order valence-electron chi connectivity index (χ3n) is 3.82. The number of aromatic carboxylic acids is 1. The number of hydrogen-bond acceptors (Lipinski definition) is 4. The van der Waals surface area contributed by atoms with Gasteiger partial charge in [0.25, 0.3) is 0 Å². The lowest BCUT2D eigenvalue weighted by molar-refractivity contribution is 0.0691. The molecule has 124 valence electrons. The van der Waals surface area contributed by atoms with Crippen molar-refractivity contribution >= 4 is 11.6 Å². The highest BCUT2D eigenvalue weighted by Crippen LogP contribution is 2.32. The van der Waals surface area contributed by atoms with E-state index < -0.39 is 5.97 Å². The molecule has 0 aliphatic carbocycles. The Balaban J connectivity index is 1.95. The summed E-state index contributed by atoms with van der Waals surface area (Å²) in [5.41, 5.74) is 3.16. The third-order valence-corrected chi connectivity index (χ3v) is 3.82. The normalized spacial score (nSPS) is 11.1. The van der Waals surface area contributed by atoms with E-state index in [0.29, 0.717) is 16.9 Å². The first kappa shape index (κ1) is 15.0. The molecule has 25 heavy (non-hydrogen) atoms. The Morgan fingerprint density at radius 3 is 2.60 bits per heavy atom. The van der Waals surface area contributed by atoms with Gasteiger partial charge in [-0.3, -0.25) is 4.68 Å². The van der Waals surface area contributed by atoms with Gasteiger partial charge in [-0.1, -0.05) is 0 Å². The monoisotopic (exact) mass is 337 g/mol. The van der Waals surface area contributed by atoms with Crippen molar-refractivity contribution in [2.45, 2.75) is 0 Å². The minimum atomic E-state index is -1.12. The maximum absolute atomic E-state index is 13.2. The highest BCUT2D eigenvalue weighted by atomic mass is 19.1. The first-order valence-electron chi connectivity index (χ1n) is 7.40. The second-order valence-electron chi connectivity index (χ2n) is 5.52. The Labute approximate surface area is 141 Å². The average molecular weight is 337 g/mol. The Kier molecular flexibility index (Phi) is 3.31. The van der Waals surface area contributed by atoms with E-state index in [2.05, 4.69) is 15.2 Å². The van der Waals surface area contributed by atoms with Crippen LogP contribution in [0.15, 0.2) is 48.9 Å². The van der Waals surface area contributed by atoms with Gasteiger partial charge >= 0.3 is 5.97 Å². The zero-order chi connectivity index (χ0) is 17.6. The number of carbonyl (C=O) groups is 1. The Morgan fingerprint density at radius 1 is 1.12 bits per heavy atom. The molecule has 0 radical (unpaired) electrons. The van der Waals surface area contributed by atoms with E-state index in [9.17, 15) is 9.18 Å². The van der Waals surface area contributed by atoms with E-state index in [1.165, 1.54) is 22.8 Å². The molecule has 4 aromatic rings. The van der Waals surface area contributed by atoms with Gasteiger partial charge in [-0.2, -0.15) is 10.2 Å². The number of benzene rings is 1. The predicted molar refractivity (Wildman–Crippen MR) is 87.5 cm³/mol. The Morgan fingerprint density at radius 2 is 1.88 bits per heavy atom. The molecule has 0 unspecified atom stereocenters. The average Bonchev–Trinajstić information content (AvgIpc) is 3.19. The second kappa shape index (κ2) is 5.52. The minimum absolute atomic E-state index is 0.0906. The van der Waals surface area contributed by atoms with E-state index in [0.717, 1.165) is 11.1 Å². The van der Waals surface area contributed by atoms with Crippen LogP contribution < -0.4 is 0 Å². The molecule has 3 aromatic heterocycles. The van der Waals surface area contributed by atoms with E-state index in [1.807, 2.05) is 6.20 Å². The van der Waals surface area contributed by atoms with Crippen LogP contribution in [0.4, 0.5) is 4.39 Å². The lowest BCUT2D eigenvalue weighted by Gasteiger charge is -2.04. The van der Waals surface area contributed by atoms with Crippen LogP contribution in [-0.4, -0.2) is 35.5 Å². The minimum Gasteiger partial charge on any atom is -0.476 e. The standard InChI is InChI=1S/C17H12FN5O2/c1-22-8-13(15(21-22)10-2-4-11(18)5-3-10)12-6-7-19-23-9-14(17(24)25)20-16(12)23/h2-9H,1H3,(H,24,25). The number of nitrogens with zero attached hydrogens (tertiary/aromatic N) is 5. The summed E-state index contributed by atoms with van der Waals surface area (Å²) < 4.78 is 16.3. The van der Waals surface area contributed by atoms with Crippen molar-refractivity contribution in [1.29, 1.82) is 0 Å². The van der Waals surface area contributed by atoms with Crippen LogP contribution in [0.25, 0.3) is 28.0 Å². The van der Waals surface area contributed by atoms with Gasteiger partial charge < -0.3 is 5.11 Å². The summed E-state index contributed by atoms with van der Waals surface area (Å²) in [5.74, 6) is -1.45. The molecular weight excluding hydrogens is 325 g/mol. The zero-order valence-corrected chi connectivity index (χ0v) is 13.1. The maximum Gasteiger partial charge on any atom is 0.356 e. The highest BCUT2D eigenvalue weighted by Gasteiger charge is 2.18. The van der Waals surface area contributed by atoms with E-state index in [4.69, 9.17) is 5.11 Å². The second-order valence-corrected chi connectivity index (χ2v) is 5.52. The van der Waals surface area contributed by atoms with Gasteiger partial charge in [-0.05, 0) is 30.3 Å². The summed E-state index contributed by atoms with van der Waals surface area (Å²) in [5, 5.41) is 17.7. The molecule has 0 atom stereocenters. The van der Waals surface area contributed by atoms with Gasteiger partial charge in [0.15, 0.2) is 11.3 Å². The van der Waals surface area contributed by atoms with Crippen molar-refractivity contribution in [3.8, 4) is 22.4 Å². The van der Waals surface area contributed by atoms with Crippen molar-refractivity contribution < 1.29 is 14.3 Å². The number of rotatable bonds is 3. The number of imidazole rings is 1. The molecule has 8 heteroatoms. The van der Waals surface area contributed by atoms with Gasteiger partial charge in [0.2, 0.25) is 0 Å². The lowest BCUT2D eigenvalue weighted by Crippen LogP contribution is -1.95. The van der Waals surface area contributed by atoms with E-state index >= 15 is 0 Å². The third kappa shape index (κ3) is 2.53. The fourth-order valence-electron chi connectivity index (χ4n) is 2.72. The molecule has 0 aliphatic heterocycles. The van der Waals surface area contributed by atoms with E-state index in [1.54, 1.807) is 36.1 Å². The fraction of sp³-hybridized carbons (Fsp3) is 0.0588. The quantitative estimate of drug-likeness (QED) is 0.621. The molecule has 0 spiro atoms. The summed E-state index contributed by atoms with van der Waals surface area (Å²) in [4.78, 5) is 15.3. The number of fused-ring (bicyclic) bond motifs is 1. The zero-order valence-electron chi connectivity index (χ0n) is 13.1. The van der Waals surface area contributed by atoms with E-state index in [-0.39, 0.29) is 11.5 Å². The van der Waals surface area contributed by atoms with Crippen molar-refractivity contribution in [3.05, 3.63) is 60.4 Å². The van der Waals surface area contributed by atoms with Gasteiger partial charge in [0, 0.05) is 36.1 Å². The summed E-state index contributed by atoms with van der Waals surface area (Å²) in [6.07, 6.45) is 4.73. The number of halogens is 1. The van der Waals surface area contributed by atoms with Crippen LogP contribution >= 0.6 is 0 Å². The van der Waals surface area contributed by atoms with Crippen LogP contribution in [0.1, 0.15) is 10.5 Å². The van der Waals surface area contributed by atoms with Gasteiger partial charge in [0.05, 0.1) is 6.20 Å². The molecule has 0 fully saturated rings. The van der Waals surface area contributed by atoms with Crippen molar-refractivity contribution in [2.24, 2.45) is 7.05 Å². The molecule has 1 N–H and O–H groups in total. The van der Waals surface area contributed by atoms with Gasteiger partial charge in [0.1, 0.15) is 11.5 Å². The molecule has 0 aliphatic rings. The smallest absolute Gasteiger partial charge is 0.356 e. The Bertz CT molecular complexity index is 1100. The summed E-state index contributed by atoms with van der Waals surface area (Å²) in [6.45, 7) is 0. The number of aryl methyl sites for hydroxylation is 1. The number of aromatic nitrogens is 5. The molecule has 7 nitrogen and oxygen atoms in total. The molecule has 0 saturated carbocycles. The SMILES string of the molecule is Cn1cc(-c2ccnn3cc(C(=O)O)nc23)c(-c2ccc(F)cc2)n1. The largest absolute Gasteiger partial charge is 0.476 e. The fourth-order valence-corrected chi connectivity index (χ4v) is 2.72. The molecule has 0 amide bonds. The summed E-state index contributed by atoms with van der Waals surface area (Å²) in [7, 11) is 1.78. The van der Waals surface area contributed by atoms with Crippen molar-refractivity contribution in [1.82, 2.24) is 24.4 Å². The lowest BCUT2D eigenvalue weighted by atomic mass is 10.0. The first-order valence-corrected chi connectivity index (χ1v) is 7.40. The van der Waals surface area contributed by atoms with Crippen LogP contribution in [0.3, 0.4) is 0 Å². The number of carboxylic acid groups (broad SMARTS) is 1. The molecule has 4 rings (SSSR count). The van der Waals surface area contributed by atoms with Gasteiger partial charge in [-0.15, -0.1) is 0 Å². The van der Waals surface area contributed by atoms with Crippen LogP contribution in [0.5, 0.6) is 0 Å². The van der Waals surface area contributed by atoms with Crippen LogP contribution in [0.2, 0.25) is 0 Å². The predicted octanol–water partition coefficient (Wildman–Crippen LogP) is 2.63. The van der Waals surface area contributed by atoms with Crippen molar-refractivity contribution in [2.75, 3.05) is 0 Å². The van der Waals surface area contributed by atoms with Gasteiger partial charge in [-0.25, -0.2) is 18.7 Å². The molecule has 1 aromatic carbocycles. The van der Waals surface area contributed by atoms with Crippen LogP contribution in [-0.2, 0) is 7.05 Å². The highest BCUT2D eigenvalue weighted by molar-refractivity contribution is 5.90. The summed E-state index contributed by atoms with van der Waals surface area (Å²) in [6, 6.07) is 7.78. The summed E-state index contributed by atoms with van der Waals surface area (Å²) >= 11 is 0. The number of carboxylic acids is 1. The molecule has 3 heterocycles. The molecule has 0 bridgehead atoms. The first-order chi connectivity index (χ1) is 12.0. The van der Waals surface area contributed by atoms with Crippen LogP contribution in [0, 0.1) is 5.82 Å². The van der Waals surface area contributed by atoms with Crippen molar-refractivity contribution in [3.63, 3.8) is 0 Å². The molecule has 0 saturated heterocycles.